The summed E-state index contributed by atoms with van der Waals surface area (Å²) in [4.78, 5) is 10.9. The highest BCUT2D eigenvalue weighted by Crippen LogP contribution is 2.23. The first-order valence-corrected chi connectivity index (χ1v) is 3.21. The molecule has 2 nitrogen and oxygen atoms in total. The van der Waals surface area contributed by atoms with E-state index in [0.29, 0.717) is 5.57 Å². The molecule has 1 unspecified atom stereocenters. The quantitative estimate of drug-likeness (QED) is 0.582. The third-order valence-corrected chi connectivity index (χ3v) is 1.81. The van der Waals surface area contributed by atoms with Crippen LogP contribution in [0, 0.1) is 0 Å². The van der Waals surface area contributed by atoms with Crippen LogP contribution in [0.15, 0.2) is 23.8 Å². The highest BCUT2D eigenvalue weighted by Gasteiger charge is 2.25. The Hall–Kier alpha value is -0.890. The number of carbonyl (C=O) groups excluding carboxylic acids is 1. The van der Waals surface area contributed by atoms with E-state index in [0.717, 1.165) is 5.57 Å². The predicted octanol–water partition coefficient (Wildman–Crippen LogP) is 0.823. The van der Waals surface area contributed by atoms with Crippen LogP contribution in [0.2, 0.25) is 0 Å². The smallest absolute Gasteiger partial charge is 0.165 e. The van der Waals surface area contributed by atoms with E-state index < -0.39 is 6.10 Å². The number of hydrogen-bond donors (Lipinski definition) is 1. The minimum Gasteiger partial charge on any atom is -0.388 e. The molecule has 1 atom stereocenters. The Morgan fingerprint density at radius 1 is 1.80 bits per heavy atom. The largest absolute Gasteiger partial charge is 0.388 e. The fourth-order valence-electron chi connectivity index (χ4n) is 1.11. The standard InChI is InChI=1S/C8H10O2/c1-3-6-5(2)7(9)4-8(6)10/h3,7,9H,1,4H2,2H3. The van der Waals surface area contributed by atoms with Crippen LogP contribution in [0.25, 0.3) is 0 Å². The molecule has 0 aromatic rings. The summed E-state index contributed by atoms with van der Waals surface area (Å²) >= 11 is 0. The molecule has 1 N–H and O–H groups in total. The fraction of sp³-hybridized carbons (Fsp3) is 0.375. The molecule has 0 aliphatic heterocycles. The zero-order chi connectivity index (χ0) is 7.72. The van der Waals surface area contributed by atoms with Crippen molar-refractivity contribution in [1.29, 1.82) is 0 Å². The van der Waals surface area contributed by atoms with Crippen LogP contribution in [0.5, 0.6) is 0 Å². The lowest BCUT2D eigenvalue weighted by atomic mass is 10.1. The molecule has 10 heavy (non-hydrogen) atoms. The fourth-order valence-corrected chi connectivity index (χ4v) is 1.11. The van der Waals surface area contributed by atoms with Crippen LogP contribution in [-0.4, -0.2) is 17.0 Å². The summed E-state index contributed by atoms with van der Waals surface area (Å²) in [5.74, 6) is 0.000000000000000222. The van der Waals surface area contributed by atoms with Crippen LogP contribution >= 0.6 is 0 Å². The molecule has 0 bridgehead atoms. The lowest BCUT2D eigenvalue weighted by Gasteiger charge is -1.98. The van der Waals surface area contributed by atoms with Gasteiger partial charge in [-0.3, -0.25) is 4.79 Å². The van der Waals surface area contributed by atoms with E-state index in [1.165, 1.54) is 6.08 Å². The van der Waals surface area contributed by atoms with Crippen molar-refractivity contribution < 1.29 is 9.90 Å². The van der Waals surface area contributed by atoms with Gasteiger partial charge in [0.15, 0.2) is 5.78 Å². The SMILES string of the molecule is C=CC1=C(C)C(O)CC1=O. The average Bonchev–Trinajstić information content (AvgIpc) is 2.09. The molecule has 1 aliphatic rings. The van der Waals surface area contributed by atoms with Gasteiger partial charge in [-0.1, -0.05) is 12.7 Å². The molecule has 1 rings (SSSR count). The van der Waals surface area contributed by atoms with E-state index in [1.54, 1.807) is 6.92 Å². The lowest BCUT2D eigenvalue weighted by molar-refractivity contribution is -0.115. The molecule has 0 aromatic carbocycles. The number of hydrogen-bond acceptors (Lipinski definition) is 2. The molecule has 0 spiro atoms. The van der Waals surface area contributed by atoms with Crippen LogP contribution in [0.3, 0.4) is 0 Å². The van der Waals surface area contributed by atoms with E-state index in [2.05, 4.69) is 6.58 Å². The Bertz CT molecular complexity index is 213. The van der Waals surface area contributed by atoms with Crippen molar-refractivity contribution in [2.24, 2.45) is 0 Å². The first-order valence-electron chi connectivity index (χ1n) is 3.21. The summed E-state index contributed by atoms with van der Waals surface area (Å²) in [6, 6.07) is 0. The van der Waals surface area contributed by atoms with Gasteiger partial charge in [0.2, 0.25) is 0 Å². The molecule has 54 valence electrons. The zero-order valence-corrected chi connectivity index (χ0v) is 5.92. The first kappa shape index (κ1) is 7.22. The minimum absolute atomic E-state index is 0.000000000000000222. The summed E-state index contributed by atoms with van der Waals surface area (Å²) in [5, 5.41) is 9.14. The highest BCUT2D eigenvalue weighted by molar-refractivity contribution is 6.01. The van der Waals surface area contributed by atoms with E-state index in [9.17, 15) is 4.79 Å². The van der Waals surface area contributed by atoms with Crippen molar-refractivity contribution in [3.05, 3.63) is 23.8 Å². The molecule has 0 radical (unpaired) electrons. The summed E-state index contributed by atoms with van der Waals surface area (Å²) in [7, 11) is 0. The Morgan fingerprint density at radius 2 is 2.40 bits per heavy atom. The van der Waals surface area contributed by atoms with Crippen LogP contribution in [-0.2, 0) is 4.79 Å². The van der Waals surface area contributed by atoms with Gasteiger partial charge in [0.25, 0.3) is 0 Å². The molecule has 1 aliphatic carbocycles. The molecule has 0 fully saturated rings. The van der Waals surface area contributed by atoms with Gasteiger partial charge in [-0.15, -0.1) is 0 Å². The topological polar surface area (TPSA) is 37.3 Å². The molecular weight excluding hydrogens is 128 g/mol. The van der Waals surface area contributed by atoms with Gasteiger partial charge >= 0.3 is 0 Å². The van der Waals surface area contributed by atoms with Crippen LogP contribution < -0.4 is 0 Å². The van der Waals surface area contributed by atoms with Gasteiger partial charge in [0, 0.05) is 12.0 Å². The number of aliphatic hydroxyl groups is 1. The van der Waals surface area contributed by atoms with Crippen molar-refractivity contribution in [3.63, 3.8) is 0 Å². The van der Waals surface area contributed by atoms with Gasteiger partial charge in [-0.25, -0.2) is 0 Å². The molecular formula is C8H10O2. The van der Waals surface area contributed by atoms with E-state index >= 15 is 0 Å². The van der Waals surface area contributed by atoms with Crippen molar-refractivity contribution in [2.45, 2.75) is 19.4 Å². The Kier molecular flexibility index (Phi) is 1.72. The van der Waals surface area contributed by atoms with Crippen LogP contribution in [0.4, 0.5) is 0 Å². The van der Waals surface area contributed by atoms with Crippen LogP contribution in [0.1, 0.15) is 13.3 Å². The maximum Gasteiger partial charge on any atom is 0.165 e. The Balaban J connectivity index is 3.01. The number of allylic oxidation sites excluding steroid dienone is 2. The molecule has 0 amide bonds. The number of aliphatic hydroxyl groups excluding tert-OH is 1. The van der Waals surface area contributed by atoms with Gasteiger partial charge in [0.05, 0.1) is 6.10 Å². The molecule has 0 saturated carbocycles. The third kappa shape index (κ3) is 0.907. The van der Waals surface area contributed by atoms with Crippen molar-refractivity contribution in [1.82, 2.24) is 0 Å². The maximum absolute atomic E-state index is 10.9. The van der Waals surface area contributed by atoms with Gasteiger partial charge in [-0.05, 0) is 12.5 Å². The normalized spacial score (nSPS) is 25.8. The van der Waals surface area contributed by atoms with E-state index in [-0.39, 0.29) is 12.2 Å². The van der Waals surface area contributed by atoms with Gasteiger partial charge < -0.3 is 5.11 Å². The Labute approximate surface area is 59.9 Å². The highest BCUT2D eigenvalue weighted by atomic mass is 16.3. The number of rotatable bonds is 1. The van der Waals surface area contributed by atoms with Gasteiger partial charge in [-0.2, -0.15) is 0 Å². The second-order valence-corrected chi connectivity index (χ2v) is 2.44. The Morgan fingerprint density at radius 3 is 2.60 bits per heavy atom. The molecule has 2 heteroatoms. The minimum atomic E-state index is -0.569. The first-order chi connectivity index (χ1) is 4.66. The predicted molar refractivity (Wildman–Crippen MR) is 38.5 cm³/mol. The second kappa shape index (κ2) is 2.39. The van der Waals surface area contributed by atoms with Crippen molar-refractivity contribution in [2.75, 3.05) is 0 Å². The van der Waals surface area contributed by atoms with E-state index in [4.69, 9.17) is 5.11 Å². The summed E-state index contributed by atoms with van der Waals surface area (Å²) < 4.78 is 0. The van der Waals surface area contributed by atoms with Crippen molar-refractivity contribution in [3.8, 4) is 0 Å². The summed E-state index contributed by atoms with van der Waals surface area (Å²) in [6.07, 6.45) is 1.17. The summed E-state index contributed by atoms with van der Waals surface area (Å²) in [5.41, 5.74) is 1.34. The number of Topliss-reactive ketones (excluding diaryl/α,β-unsaturated/α-hetero) is 1. The second-order valence-electron chi connectivity index (χ2n) is 2.44. The molecule has 0 aromatic heterocycles. The van der Waals surface area contributed by atoms with Crippen molar-refractivity contribution >= 4 is 5.78 Å². The summed E-state index contributed by atoms with van der Waals surface area (Å²) in [6.45, 7) is 5.24. The number of ketones is 1. The monoisotopic (exact) mass is 138 g/mol. The van der Waals surface area contributed by atoms with E-state index in [1.807, 2.05) is 0 Å². The van der Waals surface area contributed by atoms with Gasteiger partial charge in [0.1, 0.15) is 0 Å². The zero-order valence-electron chi connectivity index (χ0n) is 5.92. The molecule has 0 saturated heterocycles. The average molecular weight is 138 g/mol. The molecule has 0 heterocycles. The third-order valence-electron chi connectivity index (χ3n) is 1.81. The maximum atomic E-state index is 10.9. The number of carbonyl (C=O) groups is 1. The lowest BCUT2D eigenvalue weighted by Crippen LogP contribution is -2.03.